The lowest BCUT2D eigenvalue weighted by atomic mass is 10.0. The van der Waals surface area contributed by atoms with Gasteiger partial charge in [0.1, 0.15) is 0 Å². The SMILES string of the molecule is CNC(=S)N(Cc1cc2ccc(C)c(C)c2[nH]c1=O)C[C@@H]1CCCO1. The summed E-state index contributed by atoms with van der Waals surface area (Å²) in [4.78, 5) is 17.7. The Balaban J connectivity index is 1.90. The number of fused-ring (bicyclic) bond motifs is 1. The van der Waals surface area contributed by atoms with Crippen molar-refractivity contribution < 1.29 is 4.74 Å². The smallest absolute Gasteiger partial charge is 0.253 e. The molecule has 1 atom stereocenters. The molecule has 1 saturated heterocycles. The fourth-order valence-corrected chi connectivity index (χ4v) is 3.44. The number of aromatic nitrogens is 1. The lowest BCUT2D eigenvalue weighted by molar-refractivity contribution is 0.0898. The van der Waals surface area contributed by atoms with Gasteiger partial charge in [-0.2, -0.15) is 0 Å². The number of hydrogen-bond acceptors (Lipinski definition) is 3. The van der Waals surface area contributed by atoms with Crippen molar-refractivity contribution in [1.82, 2.24) is 15.2 Å². The molecule has 2 aromatic rings. The van der Waals surface area contributed by atoms with Crippen LogP contribution in [0.3, 0.4) is 0 Å². The first kappa shape index (κ1) is 17.9. The summed E-state index contributed by atoms with van der Waals surface area (Å²) >= 11 is 5.43. The molecule has 2 heterocycles. The van der Waals surface area contributed by atoms with Gasteiger partial charge < -0.3 is 19.9 Å². The highest BCUT2D eigenvalue weighted by Crippen LogP contribution is 2.20. The molecule has 1 aliphatic rings. The van der Waals surface area contributed by atoms with Gasteiger partial charge in [-0.15, -0.1) is 0 Å². The molecule has 0 aliphatic carbocycles. The molecule has 1 fully saturated rings. The lowest BCUT2D eigenvalue weighted by Gasteiger charge is -2.27. The predicted molar refractivity (Wildman–Crippen MR) is 105 cm³/mol. The number of thiocarbonyl (C=S) groups is 1. The Bertz CT molecular complexity index is 840. The van der Waals surface area contributed by atoms with E-state index in [0.29, 0.717) is 23.8 Å². The molecular formula is C19H25N3O2S. The molecule has 0 unspecified atom stereocenters. The maximum absolute atomic E-state index is 12.6. The first-order chi connectivity index (χ1) is 12.0. The summed E-state index contributed by atoms with van der Waals surface area (Å²) in [6.45, 7) is 6.06. The number of hydrogen-bond donors (Lipinski definition) is 2. The molecule has 134 valence electrons. The Labute approximate surface area is 153 Å². The van der Waals surface area contributed by atoms with Crippen LogP contribution in [0.15, 0.2) is 23.0 Å². The molecule has 0 spiro atoms. The van der Waals surface area contributed by atoms with Gasteiger partial charge in [0, 0.05) is 25.8 Å². The topological polar surface area (TPSA) is 57.4 Å². The second-order valence-corrected chi connectivity index (χ2v) is 7.05. The molecular weight excluding hydrogens is 334 g/mol. The fraction of sp³-hybridized carbons (Fsp3) is 0.474. The Hall–Kier alpha value is -1.92. The Morgan fingerprint density at radius 3 is 2.92 bits per heavy atom. The predicted octanol–water partition coefficient (Wildman–Crippen LogP) is 2.63. The second kappa shape index (κ2) is 7.54. The molecule has 1 aliphatic heterocycles. The van der Waals surface area contributed by atoms with Gasteiger partial charge in [0.2, 0.25) is 0 Å². The van der Waals surface area contributed by atoms with E-state index in [1.54, 1.807) is 0 Å². The molecule has 1 aromatic heterocycles. The molecule has 0 radical (unpaired) electrons. The fourth-order valence-electron chi connectivity index (χ4n) is 3.30. The van der Waals surface area contributed by atoms with Crippen LogP contribution in [0.25, 0.3) is 10.9 Å². The molecule has 0 saturated carbocycles. The van der Waals surface area contributed by atoms with Crippen molar-refractivity contribution in [1.29, 1.82) is 0 Å². The van der Waals surface area contributed by atoms with E-state index in [9.17, 15) is 4.79 Å². The van der Waals surface area contributed by atoms with Crippen molar-refractivity contribution in [3.8, 4) is 0 Å². The summed E-state index contributed by atoms with van der Waals surface area (Å²) in [5.41, 5.74) is 3.86. The van der Waals surface area contributed by atoms with Crippen LogP contribution in [0, 0.1) is 13.8 Å². The average molecular weight is 359 g/mol. The van der Waals surface area contributed by atoms with Crippen LogP contribution in [0.5, 0.6) is 0 Å². The second-order valence-electron chi connectivity index (χ2n) is 6.67. The van der Waals surface area contributed by atoms with E-state index in [1.807, 2.05) is 24.9 Å². The van der Waals surface area contributed by atoms with E-state index in [4.69, 9.17) is 17.0 Å². The Morgan fingerprint density at radius 1 is 1.44 bits per heavy atom. The number of H-pyrrole nitrogens is 1. The highest BCUT2D eigenvalue weighted by molar-refractivity contribution is 7.80. The maximum atomic E-state index is 12.6. The van der Waals surface area contributed by atoms with Crippen LogP contribution in [0.1, 0.15) is 29.5 Å². The minimum atomic E-state index is -0.0579. The highest BCUT2D eigenvalue weighted by Gasteiger charge is 2.21. The quantitative estimate of drug-likeness (QED) is 0.822. The molecule has 0 amide bonds. The molecule has 3 rings (SSSR count). The number of aromatic amines is 1. The molecule has 0 bridgehead atoms. The minimum absolute atomic E-state index is 0.0579. The van der Waals surface area contributed by atoms with Crippen molar-refractivity contribution in [2.75, 3.05) is 20.2 Å². The zero-order valence-electron chi connectivity index (χ0n) is 15.0. The van der Waals surface area contributed by atoms with E-state index in [2.05, 4.69) is 29.4 Å². The Kier molecular flexibility index (Phi) is 5.39. The van der Waals surface area contributed by atoms with E-state index in [1.165, 1.54) is 5.56 Å². The van der Waals surface area contributed by atoms with Gasteiger partial charge in [0.15, 0.2) is 5.11 Å². The molecule has 2 N–H and O–H groups in total. The number of rotatable bonds is 4. The first-order valence-electron chi connectivity index (χ1n) is 8.70. The largest absolute Gasteiger partial charge is 0.376 e. The van der Waals surface area contributed by atoms with Gasteiger partial charge >= 0.3 is 0 Å². The number of aryl methyl sites for hydroxylation is 2. The Morgan fingerprint density at radius 2 is 2.24 bits per heavy atom. The zero-order valence-corrected chi connectivity index (χ0v) is 15.8. The molecule has 25 heavy (non-hydrogen) atoms. The molecule has 5 nitrogen and oxygen atoms in total. The van der Waals surface area contributed by atoms with Crippen LogP contribution in [0.2, 0.25) is 0 Å². The number of benzene rings is 1. The van der Waals surface area contributed by atoms with E-state index >= 15 is 0 Å². The lowest BCUT2D eigenvalue weighted by Crippen LogP contribution is -2.42. The summed E-state index contributed by atoms with van der Waals surface area (Å²) in [6, 6.07) is 6.11. The monoisotopic (exact) mass is 359 g/mol. The van der Waals surface area contributed by atoms with Gasteiger partial charge in [0.05, 0.1) is 18.2 Å². The summed E-state index contributed by atoms with van der Waals surface area (Å²) in [7, 11) is 1.81. The highest BCUT2D eigenvalue weighted by atomic mass is 32.1. The number of nitrogens with one attached hydrogen (secondary N) is 2. The van der Waals surface area contributed by atoms with E-state index < -0.39 is 0 Å². The number of ether oxygens (including phenoxy) is 1. The summed E-state index contributed by atoms with van der Waals surface area (Å²) in [5.74, 6) is 0. The third-order valence-electron chi connectivity index (χ3n) is 4.94. The minimum Gasteiger partial charge on any atom is -0.376 e. The van der Waals surface area contributed by atoms with Gasteiger partial charge in [0.25, 0.3) is 5.56 Å². The van der Waals surface area contributed by atoms with Crippen molar-refractivity contribution in [3.05, 3.63) is 45.2 Å². The van der Waals surface area contributed by atoms with E-state index in [0.717, 1.165) is 35.9 Å². The van der Waals surface area contributed by atoms with Gasteiger partial charge in [-0.05, 0) is 61.5 Å². The summed E-state index contributed by atoms with van der Waals surface area (Å²) in [5, 5.41) is 4.70. The van der Waals surface area contributed by atoms with Crippen LogP contribution >= 0.6 is 12.2 Å². The normalized spacial score (nSPS) is 17.0. The molecule has 6 heteroatoms. The van der Waals surface area contributed by atoms with Gasteiger partial charge in [-0.25, -0.2) is 0 Å². The first-order valence-corrected chi connectivity index (χ1v) is 9.11. The van der Waals surface area contributed by atoms with Gasteiger partial charge in [-0.3, -0.25) is 4.79 Å². The van der Waals surface area contributed by atoms with E-state index in [-0.39, 0.29) is 11.7 Å². The van der Waals surface area contributed by atoms with Crippen molar-refractivity contribution >= 4 is 28.2 Å². The summed E-state index contributed by atoms with van der Waals surface area (Å²) in [6.07, 6.45) is 2.30. The van der Waals surface area contributed by atoms with Gasteiger partial charge in [-0.1, -0.05) is 12.1 Å². The maximum Gasteiger partial charge on any atom is 0.253 e. The van der Waals surface area contributed by atoms with Crippen molar-refractivity contribution in [2.24, 2.45) is 0 Å². The van der Waals surface area contributed by atoms with Crippen LogP contribution in [-0.4, -0.2) is 41.3 Å². The van der Waals surface area contributed by atoms with Crippen LogP contribution in [0.4, 0.5) is 0 Å². The third-order valence-corrected chi connectivity index (χ3v) is 5.40. The third kappa shape index (κ3) is 3.85. The van der Waals surface area contributed by atoms with Crippen molar-refractivity contribution in [2.45, 2.75) is 39.3 Å². The average Bonchev–Trinajstić information content (AvgIpc) is 3.11. The van der Waals surface area contributed by atoms with Crippen molar-refractivity contribution in [3.63, 3.8) is 0 Å². The standard InChI is InChI=1S/C19H25N3O2S/c1-12-6-7-14-9-15(18(23)21-17(14)13(12)2)10-22(19(25)20-3)11-16-5-4-8-24-16/h6-7,9,16H,4-5,8,10-11H2,1-3H3,(H,20,25)(H,21,23)/t16-/m0/s1. The summed E-state index contributed by atoms with van der Waals surface area (Å²) < 4.78 is 5.73. The van der Waals surface area contributed by atoms with Crippen LogP contribution < -0.4 is 10.9 Å². The molecule has 1 aromatic carbocycles. The zero-order chi connectivity index (χ0) is 18.0. The number of nitrogens with zero attached hydrogens (tertiary/aromatic N) is 1. The number of pyridine rings is 1. The van der Waals surface area contributed by atoms with Crippen LogP contribution in [-0.2, 0) is 11.3 Å².